The fourth-order valence-electron chi connectivity index (χ4n) is 3.68. The van der Waals surface area contributed by atoms with Gasteiger partial charge < -0.3 is 19.2 Å². The number of imidazole rings is 1. The second-order valence-corrected chi connectivity index (χ2v) is 7.30. The highest BCUT2D eigenvalue weighted by Gasteiger charge is 2.38. The van der Waals surface area contributed by atoms with Crippen LogP contribution >= 0.6 is 0 Å². The number of hydrogen-bond acceptors (Lipinski definition) is 7. The average Bonchev–Trinajstić information content (AvgIpc) is 3.44. The second kappa shape index (κ2) is 6.82. The zero-order chi connectivity index (χ0) is 20.0. The maximum absolute atomic E-state index is 13.3. The molecule has 1 N–H and O–H groups in total. The van der Waals surface area contributed by atoms with Gasteiger partial charge in [0.2, 0.25) is 5.89 Å². The molecule has 0 saturated heterocycles. The van der Waals surface area contributed by atoms with Crippen molar-refractivity contribution in [2.24, 2.45) is 0 Å². The normalized spacial score (nSPS) is 16.5. The van der Waals surface area contributed by atoms with Gasteiger partial charge in [0.25, 0.3) is 0 Å². The lowest BCUT2D eigenvalue weighted by molar-refractivity contribution is 0.0643. The average molecular weight is 392 g/mol. The Balaban J connectivity index is 1.54. The summed E-state index contributed by atoms with van der Waals surface area (Å²) < 4.78 is 7.41. The summed E-state index contributed by atoms with van der Waals surface area (Å²) in [4.78, 5) is 24.5. The summed E-state index contributed by atoms with van der Waals surface area (Å²) in [5, 5.41) is 12.6. The Hall–Kier alpha value is -3.53. The highest BCUT2D eigenvalue weighted by molar-refractivity contribution is 5.90. The van der Waals surface area contributed by atoms with Crippen molar-refractivity contribution in [1.82, 2.24) is 39.6 Å². The summed E-state index contributed by atoms with van der Waals surface area (Å²) in [5.74, 6) is 0.0629. The van der Waals surface area contributed by atoms with Gasteiger partial charge in [-0.15, -0.1) is 10.2 Å². The van der Waals surface area contributed by atoms with Gasteiger partial charge in [-0.3, -0.25) is 4.79 Å². The van der Waals surface area contributed by atoms with E-state index in [9.17, 15) is 4.79 Å². The molecule has 1 aliphatic heterocycles. The van der Waals surface area contributed by atoms with Crippen LogP contribution in [0.3, 0.4) is 0 Å². The maximum atomic E-state index is 13.3. The highest BCUT2D eigenvalue weighted by atomic mass is 16.4. The van der Waals surface area contributed by atoms with Crippen molar-refractivity contribution < 1.29 is 9.21 Å². The number of nitrogens with one attached hydrogen (secondary N) is 1. The molecule has 29 heavy (non-hydrogen) atoms. The van der Waals surface area contributed by atoms with E-state index in [0.717, 1.165) is 22.6 Å². The fourth-order valence-corrected chi connectivity index (χ4v) is 3.68. The molecule has 1 atom stereocenters. The lowest BCUT2D eigenvalue weighted by atomic mass is 9.99. The number of carbonyl (C=O) groups is 1. The molecule has 0 spiro atoms. The number of H-pyrrole nitrogens is 1. The van der Waals surface area contributed by atoms with Gasteiger partial charge in [0, 0.05) is 24.9 Å². The van der Waals surface area contributed by atoms with Crippen LogP contribution < -0.4 is 0 Å². The SMILES string of the molecule is CN(C)Cc1nnc(C(=O)N2CCc3[nH]cnc3C2c2cc3ccccn3n2)o1. The van der Waals surface area contributed by atoms with E-state index in [1.165, 1.54) is 0 Å². The minimum absolute atomic E-state index is 0.0189. The van der Waals surface area contributed by atoms with Crippen LogP contribution in [0.2, 0.25) is 0 Å². The van der Waals surface area contributed by atoms with Crippen LogP contribution in [0.15, 0.2) is 41.2 Å². The monoisotopic (exact) mass is 392 g/mol. The van der Waals surface area contributed by atoms with Crippen LogP contribution in [0.5, 0.6) is 0 Å². The summed E-state index contributed by atoms with van der Waals surface area (Å²) >= 11 is 0. The molecule has 148 valence electrons. The summed E-state index contributed by atoms with van der Waals surface area (Å²) in [6.07, 6.45) is 4.21. The summed E-state index contributed by atoms with van der Waals surface area (Å²) in [6.45, 7) is 0.970. The Kier molecular flexibility index (Phi) is 4.13. The van der Waals surface area contributed by atoms with Crippen molar-refractivity contribution in [3.05, 3.63) is 65.7 Å². The molecule has 0 radical (unpaired) electrons. The van der Waals surface area contributed by atoms with E-state index >= 15 is 0 Å². The standard InChI is InChI=1S/C19H20N8O2/c1-25(2)10-15-22-23-18(29-15)19(28)26-8-6-13-16(21-11-20-13)17(26)14-9-12-5-3-4-7-27(12)24-14/h3-5,7,9,11,17H,6,8,10H2,1-2H3,(H,20,21). The van der Waals surface area contributed by atoms with Gasteiger partial charge in [-0.2, -0.15) is 5.10 Å². The van der Waals surface area contributed by atoms with Crippen molar-refractivity contribution in [2.45, 2.75) is 19.0 Å². The van der Waals surface area contributed by atoms with Crippen LogP contribution in [0.1, 0.15) is 39.7 Å². The number of pyridine rings is 1. The lowest BCUT2D eigenvalue weighted by Gasteiger charge is -2.32. The van der Waals surface area contributed by atoms with Crippen molar-refractivity contribution in [3.63, 3.8) is 0 Å². The van der Waals surface area contributed by atoms with Gasteiger partial charge in [-0.1, -0.05) is 6.07 Å². The molecule has 0 aromatic carbocycles. The van der Waals surface area contributed by atoms with Gasteiger partial charge in [-0.25, -0.2) is 9.50 Å². The minimum Gasteiger partial charge on any atom is -0.415 e. The van der Waals surface area contributed by atoms with E-state index in [-0.39, 0.29) is 11.8 Å². The Morgan fingerprint density at radius 3 is 3.07 bits per heavy atom. The molecule has 0 aliphatic carbocycles. The van der Waals surface area contributed by atoms with E-state index in [4.69, 9.17) is 4.42 Å². The Bertz CT molecular complexity index is 1140. The quantitative estimate of drug-likeness (QED) is 0.557. The van der Waals surface area contributed by atoms with E-state index in [1.54, 1.807) is 15.7 Å². The number of carbonyl (C=O) groups excluding carboxylic acids is 1. The molecule has 1 unspecified atom stereocenters. The molecule has 0 saturated carbocycles. The summed E-state index contributed by atoms with van der Waals surface area (Å²) in [5.41, 5.74) is 3.49. The Labute approximate surface area is 166 Å². The van der Waals surface area contributed by atoms with E-state index in [0.29, 0.717) is 25.4 Å². The Morgan fingerprint density at radius 2 is 2.24 bits per heavy atom. The highest BCUT2D eigenvalue weighted by Crippen LogP contribution is 2.34. The number of amides is 1. The number of fused-ring (bicyclic) bond motifs is 2. The first-order chi connectivity index (χ1) is 14.1. The van der Waals surface area contributed by atoms with Crippen LogP contribution in [-0.2, 0) is 13.0 Å². The molecule has 0 fully saturated rings. The molecule has 5 heterocycles. The molecular formula is C19H20N8O2. The molecule has 1 amide bonds. The molecule has 4 aromatic heterocycles. The molecule has 1 aliphatic rings. The van der Waals surface area contributed by atoms with Crippen LogP contribution in [0, 0.1) is 0 Å². The summed E-state index contributed by atoms with van der Waals surface area (Å²) in [6, 6.07) is 7.39. The van der Waals surface area contributed by atoms with Crippen molar-refractivity contribution in [1.29, 1.82) is 0 Å². The van der Waals surface area contributed by atoms with Crippen molar-refractivity contribution in [2.75, 3.05) is 20.6 Å². The molecule has 10 heteroatoms. The predicted octanol–water partition coefficient (Wildman–Crippen LogP) is 1.29. The number of aromatic nitrogens is 6. The van der Waals surface area contributed by atoms with Gasteiger partial charge >= 0.3 is 11.8 Å². The topological polar surface area (TPSA) is 108 Å². The van der Waals surface area contributed by atoms with E-state index in [2.05, 4.69) is 25.3 Å². The largest absolute Gasteiger partial charge is 0.415 e. The Morgan fingerprint density at radius 1 is 1.34 bits per heavy atom. The molecule has 4 aromatic rings. The lowest BCUT2D eigenvalue weighted by Crippen LogP contribution is -2.41. The minimum atomic E-state index is -0.429. The molecule has 10 nitrogen and oxygen atoms in total. The number of nitrogens with zero attached hydrogens (tertiary/aromatic N) is 7. The molecule has 5 rings (SSSR count). The van der Waals surface area contributed by atoms with Crippen LogP contribution in [0.25, 0.3) is 5.52 Å². The van der Waals surface area contributed by atoms with Crippen LogP contribution in [0.4, 0.5) is 0 Å². The molecular weight excluding hydrogens is 372 g/mol. The number of aromatic amines is 1. The van der Waals surface area contributed by atoms with Crippen molar-refractivity contribution in [3.8, 4) is 0 Å². The van der Waals surface area contributed by atoms with Crippen molar-refractivity contribution >= 4 is 11.4 Å². The zero-order valence-corrected chi connectivity index (χ0v) is 16.1. The maximum Gasteiger partial charge on any atom is 0.312 e. The smallest absolute Gasteiger partial charge is 0.312 e. The van der Waals surface area contributed by atoms with E-state index in [1.807, 2.05) is 49.5 Å². The first kappa shape index (κ1) is 17.6. The van der Waals surface area contributed by atoms with Gasteiger partial charge in [0.15, 0.2) is 0 Å². The summed E-state index contributed by atoms with van der Waals surface area (Å²) in [7, 11) is 3.80. The number of hydrogen-bond donors (Lipinski definition) is 1. The first-order valence-electron chi connectivity index (χ1n) is 9.34. The predicted molar refractivity (Wildman–Crippen MR) is 102 cm³/mol. The van der Waals surface area contributed by atoms with E-state index < -0.39 is 6.04 Å². The zero-order valence-electron chi connectivity index (χ0n) is 16.1. The van der Waals surface area contributed by atoms with Gasteiger partial charge in [0.1, 0.15) is 6.04 Å². The third-order valence-electron chi connectivity index (χ3n) is 4.96. The first-order valence-corrected chi connectivity index (χ1v) is 9.34. The second-order valence-electron chi connectivity index (χ2n) is 7.30. The third kappa shape index (κ3) is 3.07. The fraction of sp³-hybridized carbons (Fsp3) is 0.316. The van der Waals surface area contributed by atoms with Crippen LogP contribution in [-0.4, -0.2) is 66.1 Å². The third-order valence-corrected chi connectivity index (χ3v) is 4.96. The van der Waals surface area contributed by atoms with Gasteiger partial charge in [0.05, 0.1) is 29.8 Å². The van der Waals surface area contributed by atoms with Gasteiger partial charge in [-0.05, 0) is 32.3 Å². The number of rotatable bonds is 4. The molecule has 0 bridgehead atoms.